The van der Waals surface area contributed by atoms with Gasteiger partial charge in [-0.2, -0.15) is 0 Å². The van der Waals surface area contributed by atoms with Gasteiger partial charge in [-0.3, -0.25) is 4.79 Å². The Morgan fingerprint density at radius 1 is 1.42 bits per heavy atom. The first-order chi connectivity index (χ1) is 9.13. The molecule has 1 atom stereocenters. The first-order valence-electron chi connectivity index (χ1n) is 6.66. The number of aromatic nitrogens is 1. The molecule has 102 valence electrons. The predicted octanol–water partition coefficient (Wildman–Crippen LogP) is 2.12. The highest BCUT2D eigenvalue weighted by atomic mass is 16.2. The van der Waals surface area contributed by atoms with E-state index in [0.717, 1.165) is 12.1 Å². The second-order valence-electron chi connectivity index (χ2n) is 4.81. The third-order valence-electron chi connectivity index (χ3n) is 3.49. The number of nitrogens with one attached hydrogen (secondary N) is 2. The van der Waals surface area contributed by atoms with Crippen LogP contribution in [-0.4, -0.2) is 35.4 Å². The molecule has 4 heteroatoms. The Balaban J connectivity index is 2.01. The lowest BCUT2D eigenvalue weighted by Crippen LogP contribution is -2.42. The number of amides is 1. The molecular weight excluding hydrogens is 238 g/mol. The summed E-state index contributed by atoms with van der Waals surface area (Å²) in [5.41, 5.74) is 2.32. The van der Waals surface area contributed by atoms with Gasteiger partial charge in [0.25, 0.3) is 0 Å². The quantitative estimate of drug-likeness (QED) is 0.864. The predicted molar refractivity (Wildman–Crippen MR) is 77.9 cm³/mol. The fourth-order valence-corrected chi connectivity index (χ4v) is 2.11. The normalized spacial score (nSPS) is 12.6. The molecule has 1 aromatic heterocycles. The smallest absolute Gasteiger partial charge is 0.239 e. The maximum Gasteiger partial charge on any atom is 0.239 e. The minimum Gasteiger partial charge on any atom is -0.361 e. The van der Waals surface area contributed by atoms with Gasteiger partial charge in [0.05, 0.1) is 6.04 Å². The minimum absolute atomic E-state index is 0.127. The first kappa shape index (κ1) is 13.6. The monoisotopic (exact) mass is 259 g/mol. The summed E-state index contributed by atoms with van der Waals surface area (Å²) < 4.78 is 0. The molecule has 2 N–H and O–H groups in total. The zero-order valence-corrected chi connectivity index (χ0v) is 11.7. The summed E-state index contributed by atoms with van der Waals surface area (Å²) in [4.78, 5) is 16.9. The Hall–Kier alpha value is -1.81. The molecule has 0 spiro atoms. The number of H-pyrrole nitrogens is 1. The molecule has 0 aliphatic heterocycles. The maximum absolute atomic E-state index is 12.0. The van der Waals surface area contributed by atoms with E-state index in [1.807, 2.05) is 39.2 Å². The number of hydrogen-bond acceptors (Lipinski definition) is 2. The van der Waals surface area contributed by atoms with E-state index in [1.165, 1.54) is 10.9 Å². The van der Waals surface area contributed by atoms with Crippen LogP contribution >= 0.6 is 0 Å². The topological polar surface area (TPSA) is 48.1 Å². The molecule has 0 saturated carbocycles. The van der Waals surface area contributed by atoms with Gasteiger partial charge in [0, 0.05) is 37.2 Å². The van der Waals surface area contributed by atoms with Crippen LogP contribution in [0.4, 0.5) is 0 Å². The first-order valence-corrected chi connectivity index (χ1v) is 6.66. The molecule has 1 unspecified atom stereocenters. The molecule has 0 bridgehead atoms. The number of fused-ring (bicyclic) bond motifs is 1. The molecule has 0 aliphatic rings. The molecule has 0 aliphatic carbocycles. The summed E-state index contributed by atoms with van der Waals surface area (Å²) in [6, 6.07) is 8.02. The average Bonchev–Trinajstić information content (AvgIpc) is 2.86. The van der Waals surface area contributed by atoms with Crippen LogP contribution in [0, 0.1) is 0 Å². The number of benzene rings is 1. The highest BCUT2D eigenvalue weighted by molar-refractivity contribution is 5.83. The van der Waals surface area contributed by atoms with Gasteiger partial charge in [-0.15, -0.1) is 0 Å². The van der Waals surface area contributed by atoms with Crippen LogP contribution in [0.2, 0.25) is 0 Å². The van der Waals surface area contributed by atoms with Crippen molar-refractivity contribution in [3.63, 3.8) is 0 Å². The van der Waals surface area contributed by atoms with Crippen LogP contribution in [0.15, 0.2) is 30.5 Å². The number of nitrogens with zero attached hydrogens (tertiary/aromatic N) is 1. The van der Waals surface area contributed by atoms with Crippen molar-refractivity contribution in [2.45, 2.75) is 26.4 Å². The van der Waals surface area contributed by atoms with Gasteiger partial charge < -0.3 is 15.2 Å². The van der Waals surface area contributed by atoms with E-state index in [4.69, 9.17) is 0 Å². The summed E-state index contributed by atoms with van der Waals surface area (Å²) in [6.07, 6.45) is 2.00. The summed E-state index contributed by atoms with van der Waals surface area (Å²) in [5.74, 6) is 0.127. The molecule has 0 radical (unpaired) electrons. The van der Waals surface area contributed by atoms with Gasteiger partial charge in [-0.05, 0) is 25.5 Å². The van der Waals surface area contributed by atoms with Gasteiger partial charge >= 0.3 is 0 Å². The van der Waals surface area contributed by atoms with Crippen LogP contribution in [0.5, 0.6) is 0 Å². The average molecular weight is 259 g/mol. The van der Waals surface area contributed by atoms with E-state index in [9.17, 15) is 4.79 Å². The molecule has 1 amide bonds. The van der Waals surface area contributed by atoms with Crippen LogP contribution in [0.25, 0.3) is 10.9 Å². The number of para-hydroxylation sites is 1. The summed E-state index contributed by atoms with van der Waals surface area (Å²) >= 11 is 0. The second-order valence-corrected chi connectivity index (χ2v) is 4.81. The van der Waals surface area contributed by atoms with Crippen molar-refractivity contribution in [1.82, 2.24) is 15.2 Å². The third kappa shape index (κ3) is 2.96. The lowest BCUT2D eigenvalue weighted by molar-refractivity contribution is -0.131. The van der Waals surface area contributed by atoms with E-state index >= 15 is 0 Å². The zero-order valence-electron chi connectivity index (χ0n) is 11.7. The molecule has 2 rings (SSSR count). The van der Waals surface area contributed by atoms with Gasteiger partial charge in [-0.1, -0.05) is 18.2 Å². The van der Waals surface area contributed by atoms with Crippen LogP contribution in [0.1, 0.15) is 19.4 Å². The maximum atomic E-state index is 12.0. The number of hydrogen-bond donors (Lipinski definition) is 2. The molecular formula is C15H21N3O. The minimum atomic E-state index is -0.168. The number of carbonyl (C=O) groups excluding carboxylic acids is 1. The van der Waals surface area contributed by atoms with Crippen molar-refractivity contribution >= 4 is 16.8 Å². The van der Waals surface area contributed by atoms with Crippen LogP contribution in [-0.2, 0) is 11.3 Å². The van der Waals surface area contributed by atoms with Gasteiger partial charge in [-0.25, -0.2) is 0 Å². The molecule has 0 saturated heterocycles. The van der Waals surface area contributed by atoms with Crippen molar-refractivity contribution in [1.29, 1.82) is 0 Å². The number of carbonyl (C=O) groups is 1. The van der Waals surface area contributed by atoms with Gasteiger partial charge in [0.2, 0.25) is 5.91 Å². The second kappa shape index (κ2) is 5.89. The van der Waals surface area contributed by atoms with Crippen molar-refractivity contribution in [2.24, 2.45) is 0 Å². The van der Waals surface area contributed by atoms with E-state index in [0.29, 0.717) is 6.54 Å². The Kier molecular flexibility index (Phi) is 4.22. The molecule has 19 heavy (non-hydrogen) atoms. The van der Waals surface area contributed by atoms with Crippen molar-refractivity contribution in [3.8, 4) is 0 Å². The Morgan fingerprint density at radius 3 is 2.89 bits per heavy atom. The lowest BCUT2D eigenvalue weighted by atomic mass is 10.1. The molecule has 4 nitrogen and oxygen atoms in total. The van der Waals surface area contributed by atoms with Crippen molar-refractivity contribution in [3.05, 3.63) is 36.0 Å². The van der Waals surface area contributed by atoms with Crippen LogP contribution < -0.4 is 5.32 Å². The number of rotatable bonds is 5. The van der Waals surface area contributed by atoms with E-state index < -0.39 is 0 Å². The lowest BCUT2D eigenvalue weighted by Gasteiger charge is -2.20. The Labute approximate surface area is 113 Å². The summed E-state index contributed by atoms with van der Waals surface area (Å²) in [6.45, 7) is 5.31. The fourth-order valence-electron chi connectivity index (χ4n) is 2.11. The van der Waals surface area contributed by atoms with Gasteiger partial charge in [0.1, 0.15) is 0 Å². The Bertz CT molecular complexity index is 561. The number of likely N-dealkylation sites (N-methyl/N-ethyl adjacent to an activating group) is 1. The van der Waals surface area contributed by atoms with Gasteiger partial charge in [0.15, 0.2) is 0 Å². The van der Waals surface area contributed by atoms with Crippen molar-refractivity contribution in [2.75, 3.05) is 13.6 Å². The highest BCUT2D eigenvalue weighted by Gasteiger charge is 2.15. The molecule has 1 aromatic carbocycles. The van der Waals surface area contributed by atoms with E-state index in [1.54, 1.807) is 4.90 Å². The summed E-state index contributed by atoms with van der Waals surface area (Å²) in [5, 5.41) is 4.49. The Morgan fingerprint density at radius 2 is 2.16 bits per heavy atom. The SMILES string of the molecule is CCN(C)C(=O)C(C)NCc1c[nH]c2ccccc12. The molecule has 0 fully saturated rings. The van der Waals surface area contributed by atoms with E-state index in [2.05, 4.69) is 22.4 Å². The standard InChI is InChI=1S/C15H21N3O/c1-4-18(3)15(19)11(2)16-9-12-10-17-14-8-6-5-7-13(12)14/h5-8,10-11,16-17H,4,9H2,1-3H3. The fraction of sp³-hybridized carbons (Fsp3) is 0.400. The summed E-state index contributed by atoms with van der Waals surface area (Å²) in [7, 11) is 1.83. The molecule has 2 aromatic rings. The third-order valence-corrected chi connectivity index (χ3v) is 3.49. The number of aromatic amines is 1. The van der Waals surface area contributed by atoms with Crippen LogP contribution in [0.3, 0.4) is 0 Å². The zero-order chi connectivity index (χ0) is 13.8. The van der Waals surface area contributed by atoms with Crippen molar-refractivity contribution < 1.29 is 4.79 Å². The molecule has 1 heterocycles. The van der Waals surface area contributed by atoms with E-state index in [-0.39, 0.29) is 11.9 Å². The largest absolute Gasteiger partial charge is 0.361 e. The highest BCUT2D eigenvalue weighted by Crippen LogP contribution is 2.17.